The van der Waals surface area contributed by atoms with Crippen molar-refractivity contribution in [2.75, 3.05) is 19.6 Å². The molecular weight excluding hydrogens is 238 g/mol. The molecule has 0 saturated carbocycles. The predicted octanol–water partition coefficient (Wildman–Crippen LogP) is 1.85. The topological polar surface area (TPSA) is 41.3 Å². The van der Waals surface area contributed by atoms with Gasteiger partial charge in [0.2, 0.25) is 0 Å². The molecule has 0 bridgehead atoms. The monoisotopic (exact) mass is 265 g/mol. The van der Waals surface area contributed by atoms with E-state index in [2.05, 4.69) is 36.8 Å². The molecule has 108 valence electrons. The van der Waals surface area contributed by atoms with Gasteiger partial charge >= 0.3 is 0 Å². The molecule has 1 aromatic heterocycles. The first-order valence-corrected chi connectivity index (χ1v) is 7.60. The average Bonchev–Trinajstić information content (AvgIpc) is 2.81. The van der Waals surface area contributed by atoms with Crippen molar-refractivity contribution in [3.63, 3.8) is 0 Å². The first-order chi connectivity index (χ1) is 9.10. The number of likely N-dealkylation sites (tertiary alicyclic amines) is 1. The maximum Gasteiger partial charge on any atom is 0.0727 e. The van der Waals surface area contributed by atoms with Gasteiger partial charge in [-0.05, 0) is 38.8 Å². The molecule has 1 fully saturated rings. The third kappa shape index (κ3) is 3.37. The van der Waals surface area contributed by atoms with E-state index in [0.29, 0.717) is 0 Å². The number of nitrogens with zero attached hydrogens (tertiary/aromatic N) is 3. The maximum absolute atomic E-state index is 10.8. The molecule has 1 aliphatic heterocycles. The van der Waals surface area contributed by atoms with Crippen LogP contribution in [0.15, 0.2) is 6.07 Å². The summed E-state index contributed by atoms with van der Waals surface area (Å²) in [6, 6.07) is 2.16. The van der Waals surface area contributed by atoms with Gasteiger partial charge in [-0.1, -0.05) is 13.8 Å². The van der Waals surface area contributed by atoms with Crippen LogP contribution in [0.25, 0.3) is 0 Å². The molecule has 1 aliphatic rings. The van der Waals surface area contributed by atoms with Crippen molar-refractivity contribution >= 4 is 0 Å². The van der Waals surface area contributed by atoms with Gasteiger partial charge in [-0.3, -0.25) is 4.68 Å². The zero-order chi connectivity index (χ0) is 13.9. The molecule has 0 unspecified atom stereocenters. The summed E-state index contributed by atoms with van der Waals surface area (Å²) in [5, 5.41) is 15.3. The Morgan fingerprint density at radius 2 is 1.89 bits per heavy atom. The van der Waals surface area contributed by atoms with Gasteiger partial charge in [0.05, 0.1) is 11.3 Å². The van der Waals surface area contributed by atoms with E-state index in [9.17, 15) is 5.11 Å². The Bertz CT molecular complexity index is 406. The minimum atomic E-state index is -0.538. The van der Waals surface area contributed by atoms with Crippen molar-refractivity contribution in [1.82, 2.24) is 14.7 Å². The molecule has 19 heavy (non-hydrogen) atoms. The number of piperidine rings is 1. The Morgan fingerprint density at radius 1 is 1.21 bits per heavy atom. The van der Waals surface area contributed by atoms with E-state index in [1.807, 2.05) is 4.68 Å². The Kier molecular flexibility index (Phi) is 4.63. The molecule has 0 amide bonds. The fraction of sp³-hybridized carbons (Fsp3) is 0.800. The fourth-order valence-corrected chi connectivity index (χ4v) is 2.90. The molecule has 0 radical (unpaired) electrons. The summed E-state index contributed by atoms with van der Waals surface area (Å²) in [5.74, 6) is 0. The lowest BCUT2D eigenvalue weighted by Crippen LogP contribution is -2.45. The van der Waals surface area contributed by atoms with Gasteiger partial charge in [0.15, 0.2) is 0 Å². The lowest BCUT2D eigenvalue weighted by atomic mass is 9.87. The van der Waals surface area contributed by atoms with Crippen LogP contribution < -0.4 is 0 Å². The number of aliphatic hydroxyl groups is 1. The Labute approximate surface area is 116 Å². The van der Waals surface area contributed by atoms with E-state index in [-0.39, 0.29) is 0 Å². The number of hydrogen-bond acceptors (Lipinski definition) is 3. The molecule has 0 aliphatic carbocycles. The third-order valence-electron chi connectivity index (χ3n) is 4.32. The molecule has 2 heterocycles. The van der Waals surface area contributed by atoms with Crippen LogP contribution in [0.3, 0.4) is 0 Å². The summed E-state index contributed by atoms with van der Waals surface area (Å²) in [6.07, 6.45) is 3.45. The highest BCUT2D eigenvalue weighted by Crippen LogP contribution is 2.26. The molecule has 4 heteroatoms. The Hall–Kier alpha value is -0.870. The van der Waals surface area contributed by atoms with Crippen LogP contribution in [0.2, 0.25) is 0 Å². The van der Waals surface area contributed by atoms with Crippen molar-refractivity contribution in [2.24, 2.45) is 0 Å². The molecule has 2 rings (SSSR count). The highest BCUT2D eigenvalue weighted by Gasteiger charge is 2.33. The van der Waals surface area contributed by atoms with Gasteiger partial charge in [-0.15, -0.1) is 0 Å². The summed E-state index contributed by atoms with van der Waals surface area (Å²) >= 11 is 0. The molecule has 0 spiro atoms. The zero-order valence-electron chi connectivity index (χ0n) is 12.5. The van der Waals surface area contributed by atoms with E-state index < -0.39 is 5.60 Å². The van der Waals surface area contributed by atoms with Crippen molar-refractivity contribution < 1.29 is 5.11 Å². The number of rotatable bonds is 5. The zero-order valence-corrected chi connectivity index (χ0v) is 12.5. The first-order valence-electron chi connectivity index (χ1n) is 7.60. The predicted molar refractivity (Wildman–Crippen MR) is 77.3 cm³/mol. The van der Waals surface area contributed by atoms with Gasteiger partial charge in [0.1, 0.15) is 0 Å². The van der Waals surface area contributed by atoms with Crippen LogP contribution in [0.5, 0.6) is 0 Å². The van der Waals surface area contributed by atoms with Gasteiger partial charge in [0, 0.05) is 31.7 Å². The molecule has 0 atom stereocenters. The fourth-order valence-electron chi connectivity index (χ4n) is 2.90. The van der Waals surface area contributed by atoms with Gasteiger partial charge in [0.25, 0.3) is 0 Å². The molecule has 4 nitrogen and oxygen atoms in total. The first kappa shape index (κ1) is 14.5. The van der Waals surface area contributed by atoms with Crippen molar-refractivity contribution in [3.05, 3.63) is 17.5 Å². The Morgan fingerprint density at radius 3 is 2.42 bits per heavy atom. The minimum absolute atomic E-state index is 0.538. The number of aromatic nitrogens is 2. The lowest BCUT2D eigenvalue weighted by molar-refractivity contribution is -0.0208. The quantitative estimate of drug-likeness (QED) is 0.883. The van der Waals surface area contributed by atoms with Gasteiger partial charge in [-0.2, -0.15) is 5.10 Å². The van der Waals surface area contributed by atoms with Crippen LogP contribution >= 0.6 is 0 Å². The van der Waals surface area contributed by atoms with Crippen molar-refractivity contribution in [1.29, 1.82) is 0 Å². The maximum atomic E-state index is 10.8. The van der Waals surface area contributed by atoms with E-state index in [1.165, 1.54) is 5.69 Å². The van der Waals surface area contributed by atoms with Crippen LogP contribution in [0.4, 0.5) is 0 Å². The average molecular weight is 265 g/mol. The largest absolute Gasteiger partial charge is 0.389 e. The number of aryl methyl sites for hydroxylation is 2. The standard InChI is InChI=1S/C15H27N3O/c1-4-13-11-14(18(6-3)16-13)12-15(19)7-9-17(5-2)10-8-15/h11,19H,4-10,12H2,1-3H3. The highest BCUT2D eigenvalue weighted by molar-refractivity contribution is 5.13. The van der Waals surface area contributed by atoms with E-state index in [1.54, 1.807) is 0 Å². The molecule has 0 aromatic carbocycles. The number of hydrogen-bond donors (Lipinski definition) is 1. The summed E-state index contributed by atoms with van der Waals surface area (Å²) in [7, 11) is 0. The summed E-state index contributed by atoms with van der Waals surface area (Å²) in [4.78, 5) is 2.41. The normalized spacial score (nSPS) is 19.8. The van der Waals surface area contributed by atoms with Crippen LogP contribution in [-0.2, 0) is 19.4 Å². The third-order valence-corrected chi connectivity index (χ3v) is 4.32. The summed E-state index contributed by atoms with van der Waals surface area (Å²) in [5.41, 5.74) is 1.78. The summed E-state index contributed by atoms with van der Waals surface area (Å²) in [6.45, 7) is 10.4. The lowest BCUT2D eigenvalue weighted by Gasteiger charge is -2.37. The minimum Gasteiger partial charge on any atom is -0.389 e. The van der Waals surface area contributed by atoms with E-state index >= 15 is 0 Å². The van der Waals surface area contributed by atoms with Gasteiger partial charge < -0.3 is 10.0 Å². The second-order valence-corrected chi connectivity index (χ2v) is 5.63. The summed E-state index contributed by atoms with van der Waals surface area (Å²) < 4.78 is 2.04. The van der Waals surface area contributed by atoms with E-state index in [4.69, 9.17) is 0 Å². The van der Waals surface area contributed by atoms with Gasteiger partial charge in [-0.25, -0.2) is 0 Å². The smallest absolute Gasteiger partial charge is 0.0727 e. The second kappa shape index (κ2) is 6.06. The van der Waals surface area contributed by atoms with Crippen molar-refractivity contribution in [2.45, 2.75) is 58.6 Å². The van der Waals surface area contributed by atoms with Crippen molar-refractivity contribution in [3.8, 4) is 0 Å². The molecular formula is C15H27N3O. The molecule has 1 N–H and O–H groups in total. The second-order valence-electron chi connectivity index (χ2n) is 5.63. The Balaban J connectivity index is 2.06. The highest BCUT2D eigenvalue weighted by atomic mass is 16.3. The SMILES string of the molecule is CCc1cc(CC2(O)CCN(CC)CC2)n(CC)n1. The van der Waals surface area contributed by atoms with Crippen LogP contribution in [-0.4, -0.2) is 45.0 Å². The van der Waals surface area contributed by atoms with Crippen LogP contribution in [0.1, 0.15) is 45.0 Å². The van der Waals surface area contributed by atoms with Crippen LogP contribution in [0, 0.1) is 0 Å². The molecule has 1 aromatic rings. The van der Waals surface area contributed by atoms with E-state index in [0.717, 1.165) is 57.6 Å². The molecule has 1 saturated heterocycles.